The molecule has 0 saturated heterocycles. The molecule has 0 heterocycles. The van der Waals surface area contributed by atoms with Gasteiger partial charge in [0.15, 0.2) is 0 Å². The Kier molecular flexibility index (Phi) is 6.07. The van der Waals surface area contributed by atoms with Crippen molar-refractivity contribution < 1.29 is 27.8 Å². The second-order valence-electron chi connectivity index (χ2n) is 6.23. The molecule has 3 rings (SSSR count). The molecule has 0 radical (unpaired) electrons. The van der Waals surface area contributed by atoms with Gasteiger partial charge in [-0.3, -0.25) is 20.2 Å². The van der Waals surface area contributed by atoms with Crippen LogP contribution in [0.3, 0.4) is 0 Å². The number of non-ortho nitro benzene ring substituents is 1. The third-order valence-electron chi connectivity index (χ3n) is 4.24. The molecule has 0 aliphatic rings. The number of nitro groups is 2. The number of carbonyl (C=O) groups is 1. The van der Waals surface area contributed by atoms with Crippen LogP contribution in [0.5, 0.6) is 0 Å². The van der Waals surface area contributed by atoms with Crippen LogP contribution in [0.1, 0.15) is 15.9 Å². The van der Waals surface area contributed by atoms with Crippen LogP contribution >= 0.6 is 0 Å². The molecule has 0 aliphatic carbocycles. The molecular formula is C20H14N2O8S. The van der Waals surface area contributed by atoms with Crippen LogP contribution in [0.4, 0.5) is 11.4 Å². The smallest absolute Gasteiger partial charge is 0.339 e. The first kappa shape index (κ1) is 21.6. The highest BCUT2D eigenvalue weighted by atomic mass is 32.2. The number of esters is 1. The fourth-order valence-electron chi connectivity index (χ4n) is 2.81. The zero-order valence-corrected chi connectivity index (χ0v) is 16.5. The van der Waals surface area contributed by atoms with Gasteiger partial charge in [-0.2, -0.15) is 0 Å². The summed E-state index contributed by atoms with van der Waals surface area (Å²) >= 11 is 0. The number of para-hydroxylation sites is 1. The van der Waals surface area contributed by atoms with Gasteiger partial charge < -0.3 is 4.74 Å². The van der Waals surface area contributed by atoms with Gasteiger partial charge in [-0.25, -0.2) is 13.2 Å². The van der Waals surface area contributed by atoms with Gasteiger partial charge in [-0.1, -0.05) is 36.4 Å². The summed E-state index contributed by atoms with van der Waals surface area (Å²) in [5, 5.41) is 22.1. The van der Waals surface area contributed by atoms with E-state index in [1.54, 1.807) is 0 Å². The van der Waals surface area contributed by atoms with Crippen molar-refractivity contribution in [1.29, 1.82) is 0 Å². The van der Waals surface area contributed by atoms with Gasteiger partial charge in [0.2, 0.25) is 9.84 Å². The third kappa shape index (κ3) is 4.56. The third-order valence-corrected chi connectivity index (χ3v) is 6.10. The van der Waals surface area contributed by atoms with Crippen LogP contribution in [0.15, 0.2) is 82.6 Å². The quantitative estimate of drug-likeness (QED) is 0.306. The molecule has 11 heteroatoms. The lowest BCUT2D eigenvalue weighted by atomic mass is 10.2. The fraction of sp³-hybridized carbons (Fsp3) is 0.0500. The van der Waals surface area contributed by atoms with Crippen molar-refractivity contribution in [2.45, 2.75) is 16.4 Å². The van der Waals surface area contributed by atoms with Crippen molar-refractivity contribution in [2.75, 3.05) is 0 Å². The first-order chi connectivity index (χ1) is 14.7. The average Bonchev–Trinajstić information content (AvgIpc) is 2.77. The normalized spacial score (nSPS) is 11.0. The number of hydrogen-bond acceptors (Lipinski definition) is 8. The molecule has 0 saturated carbocycles. The highest BCUT2D eigenvalue weighted by Crippen LogP contribution is 2.31. The van der Waals surface area contributed by atoms with Crippen molar-refractivity contribution in [3.05, 3.63) is 104 Å². The van der Waals surface area contributed by atoms with Crippen LogP contribution in [0, 0.1) is 20.2 Å². The standard InChI is InChI=1S/C20H14N2O8S/c23-20(30-13-14-6-5-7-15(12-14)21(24)25)16-8-1-3-10-18(16)31(28,29)19-11-4-2-9-17(19)22(26)27/h1-12H,13H2. The van der Waals surface area contributed by atoms with Gasteiger partial charge in [-0.15, -0.1) is 0 Å². The molecule has 3 aromatic rings. The first-order valence-electron chi connectivity index (χ1n) is 8.70. The maximum absolute atomic E-state index is 13.1. The summed E-state index contributed by atoms with van der Waals surface area (Å²) in [5.74, 6) is -0.996. The van der Waals surface area contributed by atoms with Gasteiger partial charge >= 0.3 is 5.97 Å². The van der Waals surface area contributed by atoms with Crippen LogP contribution in [-0.4, -0.2) is 24.2 Å². The molecule has 0 bridgehead atoms. The molecule has 0 atom stereocenters. The number of sulfone groups is 1. The molecular weight excluding hydrogens is 428 g/mol. The summed E-state index contributed by atoms with van der Waals surface area (Å²) in [5.41, 5.74) is -0.789. The lowest BCUT2D eigenvalue weighted by Gasteiger charge is -2.11. The second-order valence-corrected chi connectivity index (χ2v) is 8.11. The highest BCUT2D eigenvalue weighted by Gasteiger charge is 2.31. The van der Waals surface area contributed by atoms with Crippen molar-refractivity contribution in [1.82, 2.24) is 0 Å². The summed E-state index contributed by atoms with van der Waals surface area (Å²) in [6.07, 6.45) is 0. The van der Waals surface area contributed by atoms with Crippen molar-refractivity contribution in [3.8, 4) is 0 Å². The summed E-state index contributed by atoms with van der Waals surface area (Å²) < 4.78 is 31.3. The SMILES string of the molecule is O=C(OCc1cccc([N+](=O)[O-])c1)c1ccccc1S(=O)(=O)c1ccccc1[N+](=O)[O-]. The van der Waals surface area contributed by atoms with E-state index in [-0.39, 0.29) is 17.9 Å². The van der Waals surface area contributed by atoms with E-state index >= 15 is 0 Å². The van der Waals surface area contributed by atoms with Gasteiger partial charge in [0, 0.05) is 18.2 Å². The van der Waals surface area contributed by atoms with Crippen LogP contribution < -0.4 is 0 Å². The second kappa shape index (κ2) is 8.71. The lowest BCUT2D eigenvalue weighted by molar-refractivity contribution is -0.387. The van der Waals surface area contributed by atoms with E-state index in [2.05, 4.69) is 0 Å². The number of hydrogen-bond donors (Lipinski definition) is 0. The molecule has 0 aliphatic heterocycles. The van der Waals surface area contributed by atoms with Gasteiger partial charge in [0.05, 0.1) is 20.3 Å². The van der Waals surface area contributed by atoms with Gasteiger partial charge in [0.1, 0.15) is 11.5 Å². The Bertz CT molecular complexity index is 1290. The van der Waals surface area contributed by atoms with E-state index in [0.29, 0.717) is 5.56 Å². The summed E-state index contributed by atoms with van der Waals surface area (Å²) in [6.45, 7) is -0.333. The maximum atomic E-state index is 13.1. The van der Waals surface area contributed by atoms with E-state index in [1.165, 1.54) is 54.6 Å². The predicted octanol–water partition coefficient (Wildman–Crippen LogP) is 3.69. The Labute approximate surface area is 175 Å². The molecule has 0 amide bonds. The Morgan fingerprint density at radius 2 is 1.48 bits per heavy atom. The van der Waals surface area contributed by atoms with E-state index in [9.17, 15) is 33.4 Å². The van der Waals surface area contributed by atoms with Crippen LogP contribution in [-0.2, 0) is 21.2 Å². The van der Waals surface area contributed by atoms with Gasteiger partial charge in [0.25, 0.3) is 11.4 Å². The number of benzene rings is 3. The molecule has 0 N–H and O–H groups in total. The number of nitro benzene ring substituents is 2. The Hall–Kier alpha value is -4.12. The molecule has 0 unspecified atom stereocenters. The Balaban J connectivity index is 1.93. The topological polar surface area (TPSA) is 147 Å². The zero-order chi connectivity index (χ0) is 22.6. The number of carbonyl (C=O) groups excluding carboxylic acids is 1. The van der Waals surface area contributed by atoms with Crippen molar-refractivity contribution in [2.24, 2.45) is 0 Å². The molecule has 158 valence electrons. The molecule has 3 aromatic carbocycles. The first-order valence-corrected chi connectivity index (χ1v) is 10.2. The van der Waals surface area contributed by atoms with Crippen molar-refractivity contribution in [3.63, 3.8) is 0 Å². The van der Waals surface area contributed by atoms with E-state index < -0.39 is 41.1 Å². The lowest BCUT2D eigenvalue weighted by Crippen LogP contribution is -2.13. The monoisotopic (exact) mass is 442 g/mol. The molecule has 0 aromatic heterocycles. The van der Waals surface area contributed by atoms with Crippen LogP contribution in [0.25, 0.3) is 0 Å². The molecule has 0 fully saturated rings. The average molecular weight is 442 g/mol. The maximum Gasteiger partial charge on any atom is 0.339 e. The largest absolute Gasteiger partial charge is 0.457 e. The minimum atomic E-state index is -4.42. The predicted molar refractivity (Wildman–Crippen MR) is 107 cm³/mol. The Morgan fingerprint density at radius 3 is 2.16 bits per heavy atom. The number of ether oxygens (including phenoxy) is 1. The summed E-state index contributed by atoms with van der Waals surface area (Å²) in [7, 11) is -4.42. The van der Waals surface area contributed by atoms with E-state index in [4.69, 9.17) is 4.74 Å². The fourth-order valence-corrected chi connectivity index (χ4v) is 4.42. The van der Waals surface area contributed by atoms with Crippen molar-refractivity contribution >= 4 is 27.2 Å². The Morgan fingerprint density at radius 1 is 0.839 bits per heavy atom. The minimum absolute atomic E-state index is 0.187. The molecule has 0 spiro atoms. The van der Waals surface area contributed by atoms with E-state index in [1.807, 2.05) is 0 Å². The highest BCUT2D eigenvalue weighted by molar-refractivity contribution is 7.91. The van der Waals surface area contributed by atoms with Crippen LogP contribution in [0.2, 0.25) is 0 Å². The summed E-state index contributed by atoms with van der Waals surface area (Å²) in [4.78, 5) is 32.3. The minimum Gasteiger partial charge on any atom is -0.457 e. The summed E-state index contributed by atoms with van der Waals surface area (Å²) in [6, 6.07) is 15.4. The van der Waals surface area contributed by atoms with Gasteiger partial charge in [-0.05, 0) is 23.8 Å². The molecule has 10 nitrogen and oxygen atoms in total. The zero-order valence-electron chi connectivity index (χ0n) is 15.7. The number of rotatable bonds is 7. The number of nitrogens with zero attached hydrogens (tertiary/aromatic N) is 2. The molecule has 31 heavy (non-hydrogen) atoms. The van der Waals surface area contributed by atoms with E-state index in [0.717, 1.165) is 18.2 Å².